The Kier molecular flexibility index (Phi) is 5.88. The molecule has 0 saturated carbocycles. The summed E-state index contributed by atoms with van der Waals surface area (Å²) >= 11 is 0. The minimum Gasteiger partial charge on any atom is -0.339 e. The van der Waals surface area contributed by atoms with Gasteiger partial charge in [-0.3, -0.25) is 9.48 Å². The average molecular weight is 403 g/mol. The number of aromatic nitrogens is 4. The molecule has 0 bridgehead atoms. The van der Waals surface area contributed by atoms with Crippen molar-refractivity contribution in [3.63, 3.8) is 0 Å². The maximum atomic E-state index is 12.5. The van der Waals surface area contributed by atoms with Gasteiger partial charge >= 0.3 is 0 Å². The zero-order valence-corrected chi connectivity index (χ0v) is 17.3. The molecule has 0 atom stereocenters. The van der Waals surface area contributed by atoms with Crippen molar-refractivity contribution in [2.75, 3.05) is 18.4 Å². The molecule has 1 fully saturated rings. The molecule has 1 aliphatic heterocycles. The number of likely N-dealkylation sites (tertiary alicyclic amines) is 1. The van der Waals surface area contributed by atoms with Gasteiger partial charge < -0.3 is 10.2 Å². The number of aryl methyl sites for hydroxylation is 2. The number of pyridine rings is 2. The van der Waals surface area contributed by atoms with Crippen LogP contribution in [0.3, 0.4) is 0 Å². The summed E-state index contributed by atoms with van der Waals surface area (Å²) in [7, 11) is 1.86. The van der Waals surface area contributed by atoms with Gasteiger partial charge in [0.05, 0.1) is 5.69 Å². The van der Waals surface area contributed by atoms with Crippen molar-refractivity contribution in [1.29, 1.82) is 0 Å². The summed E-state index contributed by atoms with van der Waals surface area (Å²) in [6.45, 7) is 3.48. The van der Waals surface area contributed by atoms with Gasteiger partial charge in [0.15, 0.2) is 0 Å². The standard InChI is InChI=1S/C23H26N6O/c1-17-4-3-5-21(26-17)27-22-16-19(8-12-24-22)18-10-14-29(15-11-18)23(30)7-6-20-9-13-25-28(20)2/h3-9,12-13,16,18H,10-11,14-15H2,1-2H3,(H,24,26,27). The van der Waals surface area contributed by atoms with E-state index >= 15 is 0 Å². The Morgan fingerprint density at radius 3 is 2.70 bits per heavy atom. The van der Waals surface area contributed by atoms with Gasteiger partial charge in [0.25, 0.3) is 0 Å². The SMILES string of the molecule is Cc1cccc(Nc2cc(C3CCN(C(=O)C=Cc4ccnn4C)CC3)ccn2)n1. The number of nitrogens with zero attached hydrogens (tertiary/aromatic N) is 5. The highest BCUT2D eigenvalue weighted by molar-refractivity contribution is 5.91. The van der Waals surface area contributed by atoms with Crippen LogP contribution >= 0.6 is 0 Å². The second-order valence-electron chi connectivity index (χ2n) is 7.58. The Morgan fingerprint density at radius 2 is 1.97 bits per heavy atom. The number of anilines is 2. The summed E-state index contributed by atoms with van der Waals surface area (Å²) < 4.78 is 1.75. The van der Waals surface area contributed by atoms with Crippen molar-refractivity contribution in [2.45, 2.75) is 25.7 Å². The van der Waals surface area contributed by atoms with E-state index in [4.69, 9.17) is 0 Å². The molecule has 0 radical (unpaired) electrons. The monoisotopic (exact) mass is 402 g/mol. The first-order valence-electron chi connectivity index (χ1n) is 10.2. The van der Waals surface area contributed by atoms with E-state index in [-0.39, 0.29) is 5.91 Å². The summed E-state index contributed by atoms with van der Waals surface area (Å²) in [5.74, 6) is 2.06. The highest BCUT2D eigenvalue weighted by Gasteiger charge is 2.23. The lowest BCUT2D eigenvalue weighted by atomic mass is 9.90. The third-order valence-corrected chi connectivity index (χ3v) is 5.46. The number of carbonyl (C=O) groups is 1. The first kappa shape index (κ1) is 19.8. The molecule has 154 valence electrons. The summed E-state index contributed by atoms with van der Waals surface area (Å²) in [4.78, 5) is 23.3. The van der Waals surface area contributed by atoms with Crippen molar-refractivity contribution in [1.82, 2.24) is 24.6 Å². The van der Waals surface area contributed by atoms with E-state index in [9.17, 15) is 4.79 Å². The molecule has 0 spiro atoms. The molecule has 0 aromatic carbocycles. The van der Waals surface area contributed by atoms with Gasteiger partial charge in [-0.15, -0.1) is 0 Å². The first-order valence-corrected chi connectivity index (χ1v) is 10.2. The van der Waals surface area contributed by atoms with Crippen LogP contribution in [0.25, 0.3) is 6.08 Å². The van der Waals surface area contributed by atoms with E-state index in [1.165, 1.54) is 5.56 Å². The van der Waals surface area contributed by atoms with E-state index < -0.39 is 0 Å². The maximum absolute atomic E-state index is 12.5. The summed E-state index contributed by atoms with van der Waals surface area (Å²) in [6, 6.07) is 11.9. The van der Waals surface area contributed by atoms with Crippen molar-refractivity contribution < 1.29 is 4.79 Å². The molecule has 1 N–H and O–H groups in total. The van der Waals surface area contributed by atoms with Crippen molar-refractivity contribution in [2.24, 2.45) is 7.05 Å². The van der Waals surface area contributed by atoms with Crippen LogP contribution in [0.1, 0.15) is 35.7 Å². The topological polar surface area (TPSA) is 75.9 Å². The number of piperidine rings is 1. The molecule has 0 unspecified atom stereocenters. The van der Waals surface area contributed by atoms with E-state index in [0.29, 0.717) is 5.92 Å². The smallest absolute Gasteiger partial charge is 0.246 e. The summed E-state index contributed by atoms with van der Waals surface area (Å²) in [5, 5.41) is 7.40. The number of hydrogen-bond donors (Lipinski definition) is 1. The van der Waals surface area contributed by atoms with Crippen molar-refractivity contribution >= 4 is 23.6 Å². The van der Waals surface area contributed by atoms with Gasteiger partial charge in [0, 0.05) is 44.3 Å². The molecule has 7 heteroatoms. The van der Waals surface area contributed by atoms with Crippen LogP contribution in [-0.2, 0) is 11.8 Å². The van der Waals surface area contributed by atoms with Crippen molar-refractivity contribution in [3.05, 3.63) is 71.8 Å². The molecule has 3 aromatic rings. The molecule has 1 saturated heterocycles. The van der Waals surface area contributed by atoms with Gasteiger partial charge in [0.2, 0.25) is 5.91 Å². The van der Waals surface area contributed by atoms with Crippen LogP contribution in [0.4, 0.5) is 11.6 Å². The van der Waals surface area contributed by atoms with Crippen LogP contribution in [0.5, 0.6) is 0 Å². The summed E-state index contributed by atoms with van der Waals surface area (Å²) in [5.41, 5.74) is 3.13. The second kappa shape index (κ2) is 8.90. The molecule has 0 aliphatic carbocycles. The predicted molar refractivity (Wildman–Crippen MR) is 117 cm³/mol. The van der Waals surface area contributed by atoms with E-state index in [1.54, 1.807) is 17.0 Å². The molecule has 4 rings (SSSR count). The number of hydrogen-bond acceptors (Lipinski definition) is 5. The fourth-order valence-electron chi connectivity index (χ4n) is 3.76. The van der Waals surface area contributed by atoms with Gasteiger partial charge in [-0.05, 0) is 67.7 Å². The number of nitrogens with one attached hydrogen (secondary N) is 1. The second-order valence-corrected chi connectivity index (χ2v) is 7.58. The Morgan fingerprint density at radius 1 is 1.13 bits per heavy atom. The Balaban J connectivity index is 1.35. The molecule has 3 aromatic heterocycles. The molecule has 30 heavy (non-hydrogen) atoms. The van der Waals surface area contributed by atoms with Crippen LogP contribution in [-0.4, -0.2) is 43.6 Å². The third-order valence-electron chi connectivity index (χ3n) is 5.46. The minimum absolute atomic E-state index is 0.0530. The molecule has 4 heterocycles. The first-order chi connectivity index (χ1) is 14.6. The van der Waals surface area contributed by atoms with Gasteiger partial charge in [0.1, 0.15) is 11.6 Å². The maximum Gasteiger partial charge on any atom is 0.246 e. The lowest BCUT2D eigenvalue weighted by Gasteiger charge is -2.31. The van der Waals surface area contributed by atoms with Gasteiger partial charge in [-0.1, -0.05) is 6.07 Å². The van der Waals surface area contributed by atoms with Crippen LogP contribution in [0.15, 0.2) is 54.9 Å². The lowest BCUT2D eigenvalue weighted by Crippen LogP contribution is -2.36. The predicted octanol–water partition coefficient (Wildman–Crippen LogP) is 3.68. The highest BCUT2D eigenvalue weighted by atomic mass is 16.2. The zero-order chi connectivity index (χ0) is 20.9. The normalized spacial score (nSPS) is 14.9. The van der Waals surface area contributed by atoms with Crippen LogP contribution in [0, 0.1) is 6.92 Å². The lowest BCUT2D eigenvalue weighted by molar-refractivity contribution is -0.126. The van der Waals surface area contributed by atoms with Gasteiger partial charge in [-0.25, -0.2) is 9.97 Å². The highest BCUT2D eigenvalue weighted by Crippen LogP contribution is 2.29. The minimum atomic E-state index is 0.0530. The number of amides is 1. The van der Waals surface area contributed by atoms with Crippen LogP contribution in [0.2, 0.25) is 0 Å². The van der Waals surface area contributed by atoms with E-state index in [1.807, 2.05) is 55.4 Å². The third kappa shape index (κ3) is 4.74. The Bertz CT molecular complexity index is 1050. The average Bonchev–Trinajstić information content (AvgIpc) is 3.17. The Labute approximate surface area is 176 Å². The summed E-state index contributed by atoms with van der Waals surface area (Å²) in [6.07, 6.45) is 8.90. The van der Waals surface area contributed by atoms with E-state index in [2.05, 4.69) is 32.5 Å². The zero-order valence-electron chi connectivity index (χ0n) is 17.3. The molecule has 1 aliphatic rings. The Hall–Kier alpha value is -3.48. The molecule has 7 nitrogen and oxygen atoms in total. The van der Waals surface area contributed by atoms with E-state index in [0.717, 1.165) is 49.0 Å². The molecular weight excluding hydrogens is 376 g/mol. The largest absolute Gasteiger partial charge is 0.339 e. The molecule has 1 amide bonds. The fourth-order valence-corrected chi connectivity index (χ4v) is 3.76. The van der Waals surface area contributed by atoms with Gasteiger partial charge in [-0.2, -0.15) is 5.10 Å². The quantitative estimate of drug-likeness (QED) is 0.659. The fraction of sp³-hybridized carbons (Fsp3) is 0.304. The number of carbonyl (C=O) groups excluding carboxylic acids is 1. The van der Waals surface area contributed by atoms with Crippen LogP contribution < -0.4 is 5.32 Å². The van der Waals surface area contributed by atoms with Crippen molar-refractivity contribution in [3.8, 4) is 0 Å². The molecular formula is C23H26N6O. The number of rotatable bonds is 5.